The van der Waals surface area contributed by atoms with Crippen molar-refractivity contribution in [1.29, 1.82) is 0 Å². The molecule has 0 aliphatic heterocycles. The minimum atomic E-state index is -0.421. The van der Waals surface area contributed by atoms with Gasteiger partial charge in [0.25, 0.3) is 11.5 Å². The number of carbonyl (C=O) groups is 1. The monoisotopic (exact) mass is 426 g/mol. The van der Waals surface area contributed by atoms with Crippen LogP contribution in [0.15, 0.2) is 78.1 Å². The van der Waals surface area contributed by atoms with Gasteiger partial charge in [0, 0.05) is 37.5 Å². The van der Waals surface area contributed by atoms with Crippen LogP contribution in [0.3, 0.4) is 0 Å². The fraction of sp³-hybridized carbons (Fsp3) is 0.0870. The minimum Gasteiger partial charge on any atom is -0.378 e. The lowest BCUT2D eigenvalue weighted by atomic mass is 10.1. The van der Waals surface area contributed by atoms with Crippen LogP contribution >= 0.6 is 0 Å². The number of nitrogens with one attached hydrogen (secondary N) is 1. The van der Waals surface area contributed by atoms with Crippen LogP contribution in [0.2, 0.25) is 0 Å². The van der Waals surface area contributed by atoms with E-state index < -0.39 is 11.5 Å². The maximum absolute atomic E-state index is 13.1. The number of fused-ring (bicyclic) bond motifs is 3. The van der Waals surface area contributed by atoms with Crippen LogP contribution in [0.5, 0.6) is 0 Å². The summed E-state index contributed by atoms with van der Waals surface area (Å²) in [6, 6.07) is 14.6. The third-order valence-electron chi connectivity index (χ3n) is 5.09. The van der Waals surface area contributed by atoms with Gasteiger partial charge in [0.2, 0.25) is 0 Å². The minimum absolute atomic E-state index is 0.300. The largest absolute Gasteiger partial charge is 0.378 e. The summed E-state index contributed by atoms with van der Waals surface area (Å²) in [5, 5.41) is 4.99. The van der Waals surface area contributed by atoms with Crippen molar-refractivity contribution in [3.8, 4) is 11.1 Å². The van der Waals surface area contributed by atoms with Gasteiger partial charge in [-0.25, -0.2) is 14.2 Å². The highest BCUT2D eigenvalue weighted by molar-refractivity contribution is 6.00. The average Bonchev–Trinajstić information content (AvgIpc) is 3.20. The number of nitrogens with zero attached hydrogens (tertiary/aromatic N) is 5. The zero-order chi connectivity index (χ0) is 22.1. The first kappa shape index (κ1) is 19.6. The summed E-state index contributed by atoms with van der Waals surface area (Å²) in [6.07, 6.45) is 6.03. The van der Waals surface area contributed by atoms with Crippen molar-refractivity contribution in [2.24, 2.45) is 0 Å². The molecule has 1 N–H and O–H groups in total. The Morgan fingerprint density at radius 1 is 1.09 bits per heavy atom. The molecule has 158 valence electrons. The number of ether oxygens (including phenoxy) is 1. The van der Waals surface area contributed by atoms with Crippen LogP contribution < -0.4 is 11.0 Å². The number of rotatable bonds is 5. The van der Waals surface area contributed by atoms with Crippen LogP contribution in [-0.2, 0) is 11.3 Å². The number of methoxy groups -OCH3 is 1. The van der Waals surface area contributed by atoms with Crippen molar-refractivity contribution in [2.45, 2.75) is 6.61 Å². The van der Waals surface area contributed by atoms with Gasteiger partial charge in [0.05, 0.1) is 28.8 Å². The Bertz CT molecular complexity index is 1490. The molecule has 0 radical (unpaired) electrons. The van der Waals surface area contributed by atoms with Gasteiger partial charge in [-0.2, -0.15) is 5.10 Å². The van der Waals surface area contributed by atoms with Gasteiger partial charge in [-0.1, -0.05) is 30.3 Å². The van der Waals surface area contributed by atoms with Crippen LogP contribution in [0.25, 0.3) is 27.7 Å². The summed E-state index contributed by atoms with van der Waals surface area (Å²) in [5.41, 5.74) is 6.29. The van der Waals surface area contributed by atoms with Crippen molar-refractivity contribution < 1.29 is 9.53 Å². The second kappa shape index (κ2) is 8.05. The standard InChI is InChI=1S/C23H18N6O3/c1-32-14-18-20(15-5-3-2-4-6-15)21-25-13-17-19(29(21)26-18)9-12-28(23(17)31)27-22(30)16-7-10-24-11-8-16/h2-13H,14H2,1H3,(H,27,30). The number of hydrogen-bond donors (Lipinski definition) is 1. The molecule has 1 amide bonds. The van der Waals surface area contributed by atoms with E-state index in [4.69, 9.17) is 4.74 Å². The first-order valence-electron chi connectivity index (χ1n) is 9.85. The molecule has 0 bridgehead atoms. The van der Waals surface area contributed by atoms with E-state index in [0.29, 0.717) is 34.4 Å². The first-order chi connectivity index (χ1) is 15.7. The Hall–Kier alpha value is -4.37. The molecule has 0 aliphatic carbocycles. The molecule has 0 spiro atoms. The smallest absolute Gasteiger partial charge is 0.280 e. The molecule has 5 aromatic rings. The molecule has 9 heteroatoms. The number of carbonyl (C=O) groups excluding carboxylic acids is 1. The van der Waals surface area contributed by atoms with Crippen LogP contribution in [0.4, 0.5) is 0 Å². The highest BCUT2D eigenvalue weighted by Crippen LogP contribution is 2.29. The van der Waals surface area contributed by atoms with Crippen LogP contribution in [-0.4, -0.2) is 37.3 Å². The van der Waals surface area contributed by atoms with Gasteiger partial charge in [-0.3, -0.25) is 20.0 Å². The van der Waals surface area contributed by atoms with E-state index in [1.165, 1.54) is 24.8 Å². The van der Waals surface area contributed by atoms with Crippen LogP contribution in [0, 0.1) is 0 Å². The third-order valence-corrected chi connectivity index (χ3v) is 5.09. The van der Waals surface area contributed by atoms with Gasteiger partial charge in [-0.05, 0) is 23.8 Å². The van der Waals surface area contributed by atoms with Gasteiger partial charge >= 0.3 is 0 Å². The van der Waals surface area contributed by atoms with Crippen LogP contribution in [0.1, 0.15) is 16.1 Å². The number of amides is 1. The summed E-state index contributed by atoms with van der Waals surface area (Å²) in [7, 11) is 1.61. The Balaban J connectivity index is 1.64. The molecule has 0 saturated heterocycles. The second-order valence-electron chi connectivity index (χ2n) is 7.08. The lowest BCUT2D eigenvalue weighted by molar-refractivity contribution is 0.101. The maximum atomic E-state index is 13.1. The number of benzene rings is 1. The molecule has 0 saturated carbocycles. The summed E-state index contributed by atoms with van der Waals surface area (Å²) >= 11 is 0. The molecule has 0 fully saturated rings. The lowest BCUT2D eigenvalue weighted by Crippen LogP contribution is -2.33. The second-order valence-corrected chi connectivity index (χ2v) is 7.08. The summed E-state index contributed by atoms with van der Waals surface area (Å²) in [5.74, 6) is -0.421. The quantitative estimate of drug-likeness (QED) is 0.463. The third kappa shape index (κ3) is 3.30. The van der Waals surface area contributed by atoms with Gasteiger partial charge in [0.15, 0.2) is 5.65 Å². The molecule has 0 atom stereocenters. The van der Waals surface area contributed by atoms with E-state index in [2.05, 4.69) is 20.5 Å². The van der Waals surface area contributed by atoms with Crippen molar-refractivity contribution in [3.05, 3.63) is 94.9 Å². The van der Waals surface area contributed by atoms with Gasteiger partial charge in [-0.15, -0.1) is 0 Å². The average molecular weight is 426 g/mol. The van der Waals surface area contributed by atoms with E-state index in [-0.39, 0.29) is 0 Å². The van der Waals surface area contributed by atoms with E-state index in [9.17, 15) is 9.59 Å². The molecule has 0 aliphatic rings. The Morgan fingerprint density at radius 2 is 1.88 bits per heavy atom. The maximum Gasteiger partial charge on any atom is 0.280 e. The molecule has 4 aromatic heterocycles. The van der Waals surface area contributed by atoms with E-state index in [0.717, 1.165) is 15.8 Å². The predicted molar refractivity (Wildman–Crippen MR) is 119 cm³/mol. The summed E-state index contributed by atoms with van der Waals surface area (Å²) in [4.78, 5) is 33.9. The molecule has 5 rings (SSSR count). The zero-order valence-electron chi connectivity index (χ0n) is 17.1. The highest BCUT2D eigenvalue weighted by atomic mass is 16.5. The van der Waals surface area contributed by atoms with Crippen molar-refractivity contribution >= 4 is 22.5 Å². The SMILES string of the molecule is COCc1nn2c(ncc3c(=O)n(NC(=O)c4ccncc4)ccc32)c1-c1ccccc1. The Morgan fingerprint density at radius 3 is 2.62 bits per heavy atom. The van der Waals surface area contributed by atoms with E-state index in [1.54, 1.807) is 29.8 Å². The number of aromatic nitrogens is 5. The number of hydrogen-bond acceptors (Lipinski definition) is 6. The molecular formula is C23H18N6O3. The summed E-state index contributed by atoms with van der Waals surface area (Å²) < 4.78 is 8.12. The zero-order valence-corrected chi connectivity index (χ0v) is 17.1. The first-order valence-corrected chi connectivity index (χ1v) is 9.85. The highest BCUT2D eigenvalue weighted by Gasteiger charge is 2.19. The van der Waals surface area contributed by atoms with Crippen molar-refractivity contribution in [3.63, 3.8) is 0 Å². The molecule has 32 heavy (non-hydrogen) atoms. The lowest BCUT2D eigenvalue weighted by Gasteiger charge is -2.09. The van der Waals surface area contributed by atoms with E-state index >= 15 is 0 Å². The van der Waals surface area contributed by atoms with Gasteiger partial charge < -0.3 is 4.74 Å². The summed E-state index contributed by atoms with van der Waals surface area (Å²) in [6.45, 7) is 0.300. The predicted octanol–water partition coefficient (Wildman–Crippen LogP) is 2.64. The molecule has 4 heterocycles. The van der Waals surface area contributed by atoms with Gasteiger partial charge in [0.1, 0.15) is 0 Å². The Kier molecular flexibility index (Phi) is 4.92. The fourth-order valence-corrected chi connectivity index (χ4v) is 3.62. The van der Waals surface area contributed by atoms with Crippen molar-refractivity contribution in [1.82, 2.24) is 24.3 Å². The fourth-order valence-electron chi connectivity index (χ4n) is 3.62. The topological polar surface area (TPSA) is 103 Å². The normalized spacial score (nSPS) is 11.2. The molecule has 0 unspecified atom stereocenters. The molecule has 1 aromatic carbocycles. The molecular weight excluding hydrogens is 408 g/mol. The van der Waals surface area contributed by atoms with Crippen molar-refractivity contribution in [2.75, 3.05) is 12.5 Å². The van der Waals surface area contributed by atoms with E-state index in [1.807, 2.05) is 30.3 Å². The molecule has 9 nitrogen and oxygen atoms in total. The Labute approximate surface area is 181 Å². The number of pyridine rings is 2.